The van der Waals surface area contributed by atoms with Crippen molar-refractivity contribution in [1.82, 2.24) is 9.97 Å². The van der Waals surface area contributed by atoms with Crippen LogP contribution < -0.4 is 5.32 Å². The van der Waals surface area contributed by atoms with Crippen molar-refractivity contribution in [2.75, 3.05) is 5.32 Å². The fourth-order valence-electron chi connectivity index (χ4n) is 2.01. The van der Waals surface area contributed by atoms with E-state index < -0.39 is 0 Å². The van der Waals surface area contributed by atoms with Gasteiger partial charge in [-0.3, -0.25) is 9.97 Å². The first kappa shape index (κ1) is 13.5. The van der Waals surface area contributed by atoms with E-state index in [1.807, 2.05) is 24.3 Å². The Bertz CT molecular complexity index is 754. The summed E-state index contributed by atoms with van der Waals surface area (Å²) in [6.07, 6.45) is 3.60. The molecule has 0 atom stereocenters. The van der Waals surface area contributed by atoms with Crippen LogP contribution in [-0.4, -0.2) is 9.97 Å². The van der Waals surface area contributed by atoms with Crippen LogP contribution in [0.15, 0.2) is 57.7 Å². The average molecular weight is 393 g/mol. The van der Waals surface area contributed by atoms with Gasteiger partial charge in [0.05, 0.1) is 17.8 Å². The molecule has 0 aliphatic heterocycles. The lowest BCUT2D eigenvalue weighted by Crippen LogP contribution is -2.03. The van der Waals surface area contributed by atoms with Gasteiger partial charge < -0.3 is 5.32 Å². The van der Waals surface area contributed by atoms with Gasteiger partial charge in [0.15, 0.2) is 0 Å². The van der Waals surface area contributed by atoms with E-state index in [2.05, 4.69) is 59.3 Å². The minimum Gasteiger partial charge on any atom is -0.379 e. The molecule has 0 bridgehead atoms. The second-order valence-corrected chi connectivity index (χ2v) is 6.08. The third-order valence-corrected chi connectivity index (χ3v) is 4.10. The molecule has 3 nitrogen and oxygen atoms in total. The van der Waals surface area contributed by atoms with Crippen LogP contribution in [0.4, 0.5) is 5.69 Å². The van der Waals surface area contributed by atoms with Crippen molar-refractivity contribution in [3.63, 3.8) is 0 Å². The zero-order chi connectivity index (χ0) is 13.9. The average Bonchev–Trinajstić information content (AvgIpc) is 2.46. The monoisotopic (exact) mass is 391 g/mol. The number of fused-ring (bicyclic) bond motifs is 1. The molecule has 3 aromatic rings. The molecule has 100 valence electrons. The number of nitrogens with zero attached hydrogens (tertiary/aromatic N) is 2. The zero-order valence-corrected chi connectivity index (χ0v) is 13.6. The van der Waals surface area contributed by atoms with E-state index in [-0.39, 0.29) is 0 Å². The molecule has 5 heteroatoms. The second kappa shape index (κ2) is 5.89. The minimum absolute atomic E-state index is 0.655. The number of pyridine rings is 2. The van der Waals surface area contributed by atoms with Crippen molar-refractivity contribution >= 4 is 48.5 Å². The normalized spacial score (nSPS) is 10.7. The third-order valence-electron chi connectivity index (χ3n) is 2.98. The third kappa shape index (κ3) is 2.83. The van der Waals surface area contributed by atoms with Crippen molar-refractivity contribution in [3.8, 4) is 0 Å². The maximum atomic E-state index is 4.40. The lowest BCUT2D eigenvalue weighted by atomic mass is 10.2. The highest BCUT2D eigenvalue weighted by Gasteiger charge is 2.04. The van der Waals surface area contributed by atoms with Gasteiger partial charge in [-0.25, -0.2) is 0 Å². The van der Waals surface area contributed by atoms with Crippen LogP contribution in [-0.2, 0) is 6.54 Å². The highest BCUT2D eigenvalue weighted by atomic mass is 79.9. The number of nitrogens with one attached hydrogen (secondary N) is 1. The molecule has 0 amide bonds. The fraction of sp³-hybridized carbons (Fsp3) is 0.0667. The van der Waals surface area contributed by atoms with Crippen LogP contribution in [0.1, 0.15) is 5.69 Å². The van der Waals surface area contributed by atoms with E-state index in [9.17, 15) is 0 Å². The van der Waals surface area contributed by atoms with Gasteiger partial charge >= 0.3 is 0 Å². The van der Waals surface area contributed by atoms with Gasteiger partial charge in [-0.05, 0) is 62.2 Å². The Hall–Kier alpha value is -1.46. The van der Waals surface area contributed by atoms with Crippen LogP contribution in [0.25, 0.3) is 10.9 Å². The standard InChI is InChI=1S/C15H11Br2N3/c16-10-7-12(17)15(19-8-10)9-20-14-5-1-4-13-11(14)3-2-6-18-13/h1-8,20H,9H2. The Morgan fingerprint density at radius 1 is 1.05 bits per heavy atom. The molecule has 1 N–H and O–H groups in total. The SMILES string of the molecule is Brc1cnc(CNc2cccc3ncccc23)c(Br)c1. The molecular weight excluding hydrogens is 382 g/mol. The Morgan fingerprint density at radius 3 is 2.80 bits per heavy atom. The van der Waals surface area contributed by atoms with Crippen LogP contribution in [0.3, 0.4) is 0 Å². The van der Waals surface area contributed by atoms with Crippen LogP contribution in [0, 0.1) is 0 Å². The first-order chi connectivity index (χ1) is 9.74. The Balaban J connectivity index is 1.87. The maximum absolute atomic E-state index is 4.40. The number of halogens is 2. The molecule has 2 aromatic heterocycles. The first-order valence-corrected chi connectivity index (χ1v) is 7.70. The van der Waals surface area contributed by atoms with Gasteiger partial charge in [0.2, 0.25) is 0 Å². The van der Waals surface area contributed by atoms with E-state index in [0.29, 0.717) is 6.54 Å². The van der Waals surface area contributed by atoms with Crippen molar-refractivity contribution in [2.24, 2.45) is 0 Å². The van der Waals surface area contributed by atoms with Crippen molar-refractivity contribution < 1.29 is 0 Å². The molecule has 0 unspecified atom stereocenters. The molecule has 0 saturated heterocycles. The lowest BCUT2D eigenvalue weighted by Gasteiger charge is -2.10. The molecule has 0 radical (unpaired) electrons. The molecule has 0 fully saturated rings. The number of anilines is 1. The summed E-state index contributed by atoms with van der Waals surface area (Å²) in [6, 6.07) is 12.1. The van der Waals surface area contributed by atoms with Gasteiger partial charge in [-0.2, -0.15) is 0 Å². The second-order valence-electron chi connectivity index (χ2n) is 4.31. The number of aromatic nitrogens is 2. The van der Waals surface area contributed by atoms with Gasteiger partial charge in [0.1, 0.15) is 0 Å². The molecule has 0 spiro atoms. The van der Waals surface area contributed by atoms with E-state index >= 15 is 0 Å². The summed E-state index contributed by atoms with van der Waals surface area (Å²) in [6.45, 7) is 0.655. The first-order valence-electron chi connectivity index (χ1n) is 6.11. The molecule has 0 aliphatic rings. The number of benzene rings is 1. The van der Waals surface area contributed by atoms with E-state index in [0.717, 1.165) is 31.2 Å². The summed E-state index contributed by atoms with van der Waals surface area (Å²) >= 11 is 6.93. The van der Waals surface area contributed by atoms with E-state index in [1.165, 1.54) is 0 Å². The minimum atomic E-state index is 0.655. The topological polar surface area (TPSA) is 37.8 Å². The van der Waals surface area contributed by atoms with Gasteiger partial charge in [-0.15, -0.1) is 0 Å². The lowest BCUT2D eigenvalue weighted by molar-refractivity contribution is 1.03. The van der Waals surface area contributed by atoms with Crippen molar-refractivity contribution in [3.05, 3.63) is 63.4 Å². The zero-order valence-electron chi connectivity index (χ0n) is 10.5. The van der Waals surface area contributed by atoms with Gasteiger partial charge in [-0.1, -0.05) is 6.07 Å². The van der Waals surface area contributed by atoms with Gasteiger partial charge in [0.25, 0.3) is 0 Å². The Morgan fingerprint density at radius 2 is 1.95 bits per heavy atom. The summed E-state index contributed by atoms with van der Waals surface area (Å²) < 4.78 is 1.94. The predicted octanol–water partition coefficient (Wildman–Crippen LogP) is 4.77. The summed E-state index contributed by atoms with van der Waals surface area (Å²) in [5, 5.41) is 4.53. The number of hydrogen-bond donors (Lipinski definition) is 1. The molecule has 0 saturated carbocycles. The quantitative estimate of drug-likeness (QED) is 0.697. The van der Waals surface area contributed by atoms with Crippen LogP contribution in [0.2, 0.25) is 0 Å². The van der Waals surface area contributed by atoms with E-state index in [4.69, 9.17) is 0 Å². The molecule has 20 heavy (non-hydrogen) atoms. The van der Waals surface area contributed by atoms with Crippen LogP contribution in [0.5, 0.6) is 0 Å². The summed E-state index contributed by atoms with van der Waals surface area (Å²) in [4.78, 5) is 8.76. The smallest absolute Gasteiger partial charge is 0.0737 e. The fourth-order valence-corrected chi connectivity index (χ4v) is 3.14. The molecule has 1 aromatic carbocycles. The summed E-state index contributed by atoms with van der Waals surface area (Å²) in [7, 11) is 0. The Labute approximate surface area is 133 Å². The van der Waals surface area contributed by atoms with Crippen LogP contribution >= 0.6 is 31.9 Å². The predicted molar refractivity (Wildman–Crippen MR) is 88.7 cm³/mol. The highest BCUT2D eigenvalue weighted by molar-refractivity contribution is 9.11. The maximum Gasteiger partial charge on any atom is 0.0737 e. The largest absolute Gasteiger partial charge is 0.379 e. The number of hydrogen-bond acceptors (Lipinski definition) is 3. The molecule has 3 rings (SSSR count). The molecule has 0 aliphatic carbocycles. The molecule has 2 heterocycles. The van der Waals surface area contributed by atoms with Crippen molar-refractivity contribution in [1.29, 1.82) is 0 Å². The van der Waals surface area contributed by atoms with E-state index in [1.54, 1.807) is 12.4 Å². The molecular formula is C15H11Br2N3. The highest BCUT2D eigenvalue weighted by Crippen LogP contribution is 2.24. The summed E-state index contributed by atoms with van der Waals surface area (Å²) in [5.41, 5.74) is 3.02. The van der Waals surface area contributed by atoms with Gasteiger partial charge in [0, 0.05) is 32.4 Å². The summed E-state index contributed by atoms with van der Waals surface area (Å²) in [5.74, 6) is 0. The number of rotatable bonds is 3. The Kier molecular flexibility index (Phi) is 3.98. The van der Waals surface area contributed by atoms with Crippen molar-refractivity contribution in [2.45, 2.75) is 6.54 Å².